The third-order valence-electron chi connectivity index (χ3n) is 2.96. The second-order valence-electron chi connectivity index (χ2n) is 5.26. The summed E-state index contributed by atoms with van der Waals surface area (Å²) in [5.41, 5.74) is -2.49. The predicted molar refractivity (Wildman–Crippen MR) is 80.0 cm³/mol. The van der Waals surface area contributed by atoms with E-state index in [0.29, 0.717) is 0 Å². The second-order valence-corrected chi connectivity index (χ2v) is 5.26. The molecule has 0 aromatic heterocycles. The molecule has 8 heteroatoms. The van der Waals surface area contributed by atoms with E-state index < -0.39 is 23.5 Å². The van der Waals surface area contributed by atoms with Crippen molar-refractivity contribution >= 4 is 11.8 Å². The number of ketones is 1. The quantitative estimate of drug-likeness (QED) is 0.242. The summed E-state index contributed by atoms with van der Waals surface area (Å²) in [7, 11) is 0. The summed E-state index contributed by atoms with van der Waals surface area (Å²) in [5, 5.41) is 28.2. The van der Waals surface area contributed by atoms with Gasteiger partial charge in [0.1, 0.15) is 12.2 Å². The number of aliphatic hydroxyl groups excluding tert-OH is 1. The number of carbonyl (C=O) groups is 2. The van der Waals surface area contributed by atoms with Gasteiger partial charge in [0, 0.05) is 0 Å². The van der Waals surface area contributed by atoms with Gasteiger partial charge in [0.25, 0.3) is 0 Å². The first-order valence-electron chi connectivity index (χ1n) is 7.27. The largest absolute Gasteiger partial charge is 0.479 e. The molecule has 0 radical (unpaired) electrons. The average molecular weight is 321 g/mol. The second kappa shape index (κ2) is 12.0. The van der Waals surface area contributed by atoms with Crippen LogP contribution in [-0.4, -0.2) is 44.9 Å². The van der Waals surface area contributed by atoms with E-state index in [0.717, 1.165) is 26.7 Å². The Balaban J connectivity index is 0. The normalized spacial score (nSPS) is 15.5. The van der Waals surface area contributed by atoms with Gasteiger partial charge in [-0.2, -0.15) is 0 Å². The van der Waals surface area contributed by atoms with Gasteiger partial charge in [0.15, 0.2) is 5.34 Å². The Morgan fingerprint density at radius 1 is 1.23 bits per heavy atom. The van der Waals surface area contributed by atoms with Crippen molar-refractivity contribution in [2.24, 2.45) is 5.34 Å². The van der Waals surface area contributed by atoms with Crippen molar-refractivity contribution < 1.29 is 29.7 Å². The van der Waals surface area contributed by atoms with E-state index in [1.54, 1.807) is 0 Å². The molecule has 0 bridgehead atoms. The van der Waals surface area contributed by atoms with E-state index >= 15 is 0 Å². The van der Waals surface area contributed by atoms with Crippen LogP contribution in [0.2, 0.25) is 0 Å². The van der Waals surface area contributed by atoms with Crippen molar-refractivity contribution in [1.29, 1.82) is 0 Å². The van der Waals surface area contributed by atoms with Crippen molar-refractivity contribution in [3.05, 3.63) is 4.91 Å². The van der Waals surface area contributed by atoms with E-state index in [4.69, 9.17) is 15.3 Å². The summed E-state index contributed by atoms with van der Waals surface area (Å²) < 4.78 is 0. The third kappa shape index (κ3) is 10.2. The van der Waals surface area contributed by atoms with Gasteiger partial charge in [-0.3, -0.25) is 4.79 Å². The number of aliphatic carboxylic acids is 1. The molecule has 0 aliphatic rings. The summed E-state index contributed by atoms with van der Waals surface area (Å²) >= 11 is 0. The van der Waals surface area contributed by atoms with E-state index in [1.165, 1.54) is 19.3 Å². The van der Waals surface area contributed by atoms with Crippen LogP contribution in [0, 0.1) is 4.91 Å². The lowest BCUT2D eigenvalue weighted by Gasteiger charge is -2.17. The monoisotopic (exact) mass is 321 g/mol. The standard InChI is InChI=1S/C8H17NO2.C6H10O5/c1-3-4-5-6-7-8(2)11-9-10;1-3(7)4(8)6(2,11)5(9)10/h8H,3-7H2,1-2H3;3,7,11H,1-2H3,(H,9,10). The lowest BCUT2D eigenvalue weighted by molar-refractivity contribution is -0.166. The molecule has 0 fully saturated rings. The van der Waals surface area contributed by atoms with Gasteiger partial charge in [-0.05, 0) is 33.6 Å². The summed E-state index contributed by atoms with van der Waals surface area (Å²) in [6.45, 7) is 5.96. The number of hydrogen-bond donors (Lipinski definition) is 3. The van der Waals surface area contributed by atoms with E-state index in [1.807, 2.05) is 6.92 Å². The summed E-state index contributed by atoms with van der Waals surface area (Å²) in [6, 6.07) is 0. The minimum Gasteiger partial charge on any atom is -0.479 e. The van der Waals surface area contributed by atoms with Gasteiger partial charge in [0.05, 0.1) is 0 Å². The molecular formula is C14H27NO7. The van der Waals surface area contributed by atoms with Crippen LogP contribution in [0.1, 0.15) is 59.8 Å². The zero-order chi connectivity index (χ0) is 17.8. The molecule has 0 saturated heterocycles. The molecule has 130 valence electrons. The molecule has 3 unspecified atom stereocenters. The maximum absolute atomic E-state index is 10.7. The topological polar surface area (TPSA) is 133 Å². The molecule has 0 rings (SSSR count). The van der Waals surface area contributed by atoms with Gasteiger partial charge in [-0.15, -0.1) is 4.91 Å². The zero-order valence-electron chi connectivity index (χ0n) is 13.6. The van der Waals surface area contributed by atoms with Crippen LogP contribution in [0.5, 0.6) is 0 Å². The van der Waals surface area contributed by atoms with Gasteiger partial charge < -0.3 is 20.2 Å². The Morgan fingerprint density at radius 3 is 2.09 bits per heavy atom. The highest BCUT2D eigenvalue weighted by Gasteiger charge is 2.40. The predicted octanol–water partition coefficient (Wildman–Crippen LogP) is 1.82. The van der Waals surface area contributed by atoms with Crippen molar-refractivity contribution in [3.8, 4) is 0 Å². The molecule has 0 spiro atoms. The highest BCUT2D eigenvalue weighted by atomic mass is 16.7. The zero-order valence-corrected chi connectivity index (χ0v) is 13.6. The molecule has 3 N–H and O–H groups in total. The number of rotatable bonds is 10. The average Bonchev–Trinajstić information content (AvgIpc) is 2.43. The third-order valence-corrected chi connectivity index (χ3v) is 2.96. The maximum atomic E-state index is 10.7. The number of carboxylic acids is 1. The van der Waals surface area contributed by atoms with Crippen LogP contribution < -0.4 is 0 Å². The number of Topliss-reactive ketones (excluding diaryl/α,β-unsaturated/α-hetero) is 1. The van der Waals surface area contributed by atoms with Gasteiger partial charge in [0.2, 0.25) is 11.4 Å². The van der Waals surface area contributed by atoms with Crippen LogP contribution in [0.25, 0.3) is 0 Å². The summed E-state index contributed by atoms with van der Waals surface area (Å²) in [4.78, 5) is 35.0. The smallest absolute Gasteiger partial charge is 0.343 e. The number of unbranched alkanes of at least 4 members (excludes halogenated alkanes) is 3. The molecule has 0 amide bonds. The van der Waals surface area contributed by atoms with Crippen molar-refractivity contribution in [3.63, 3.8) is 0 Å². The first-order chi connectivity index (χ1) is 10.1. The lowest BCUT2D eigenvalue weighted by Crippen LogP contribution is -2.48. The summed E-state index contributed by atoms with van der Waals surface area (Å²) in [6.07, 6.45) is 4.31. The van der Waals surface area contributed by atoms with Crippen LogP contribution >= 0.6 is 0 Å². The molecular weight excluding hydrogens is 294 g/mol. The van der Waals surface area contributed by atoms with Gasteiger partial charge in [-0.1, -0.05) is 26.2 Å². The molecule has 0 saturated carbocycles. The molecule has 22 heavy (non-hydrogen) atoms. The fraction of sp³-hybridized carbons (Fsp3) is 0.857. The highest BCUT2D eigenvalue weighted by Crippen LogP contribution is 2.08. The van der Waals surface area contributed by atoms with Crippen LogP contribution in [-0.2, 0) is 14.4 Å². The fourth-order valence-electron chi connectivity index (χ4n) is 1.50. The molecule has 0 aromatic carbocycles. The van der Waals surface area contributed by atoms with E-state index in [-0.39, 0.29) is 6.10 Å². The lowest BCUT2D eigenvalue weighted by atomic mass is 9.98. The van der Waals surface area contributed by atoms with Crippen molar-refractivity contribution in [2.75, 3.05) is 0 Å². The fourth-order valence-corrected chi connectivity index (χ4v) is 1.50. The van der Waals surface area contributed by atoms with Crippen LogP contribution in [0.4, 0.5) is 0 Å². The minimum absolute atomic E-state index is 0.00986. The number of carboxylic acid groups (broad SMARTS) is 1. The Bertz CT molecular complexity index is 342. The molecule has 0 aromatic rings. The number of hydrogen-bond acceptors (Lipinski definition) is 7. The van der Waals surface area contributed by atoms with Gasteiger partial charge in [-0.25, -0.2) is 4.79 Å². The molecule has 0 aliphatic heterocycles. The van der Waals surface area contributed by atoms with Crippen molar-refractivity contribution in [2.45, 2.75) is 77.6 Å². The van der Waals surface area contributed by atoms with Crippen LogP contribution in [0.3, 0.4) is 0 Å². The molecule has 3 atom stereocenters. The van der Waals surface area contributed by atoms with Crippen molar-refractivity contribution in [1.82, 2.24) is 0 Å². The Labute approximate surface area is 130 Å². The maximum Gasteiger partial charge on any atom is 0.343 e. The number of nitrogens with zero attached hydrogens (tertiary/aromatic N) is 1. The first kappa shape index (κ1) is 22.7. The summed E-state index contributed by atoms with van der Waals surface area (Å²) in [5.74, 6) is -2.78. The molecule has 0 aliphatic carbocycles. The minimum atomic E-state index is -2.49. The first-order valence-corrected chi connectivity index (χ1v) is 7.27. The van der Waals surface area contributed by atoms with Gasteiger partial charge >= 0.3 is 5.97 Å². The number of carbonyl (C=O) groups excluding carboxylic acids is 1. The Kier molecular flexibility index (Phi) is 12.5. The SMILES string of the molecule is CC(O)C(=O)C(C)(O)C(=O)O.CCCCCCC(C)ON=O. The molecule has 8 nitrogen and oxygen atoms in total. The van der Waals surface area contributed by atoms with E-state index in [9.17, 15) is 14.5 Å². The highest BCUT2D eigenvalue weighted by molar-refractivity contribution is 6.07. The number of aliphatic hydroxyl groups is 2. The van der Waals surface area contributed by atoms with Crippen LogP contribution in [0.15, 0.2) is 5.34 Å². The Morgan fingerprint density at radius 2 is 1.77 bits per heavy atom. The van der Waals surface area contributed by atoms with E-state index in [2.05, 4.69) is 17.1 Å². The molecule has 0 heterocycles. The Hall–Kier alpha value is -1.54.